The van der Waals surface area contributed by atoms with Crippen LogP contribution < -0.4 is 10.2 Å². The Balaban J connectivity index is 1.45. The van der Waals surface area contributed by atoms with E-state index in [4.69, 9.17) is 16.3 Å². The van der Waals surface area contributed by atoms with Gasteiger partial charge in [0.2, 0.25) is 0 Å². The zero-order valence-corrected chi connectivity index (χ0v) is 19.2. The molecule has 0 atom stereocenters. The highest BCUT2D eigenvalue weighted by molar-refractivity contribution is 6.32. The number of hydrazone groups is 1. The maximum absolute atomic E-state index is 12.2. The normalized spacial score (nSPS) is 11.1. The molecule has 0 unspecified atom stereocenters. The van der Waals surface area contributed by atoms with E-state index in [0.29, 0.717) is 22.0 Å². The van der Waals surface area contributed by atoms with Crippen molar-refractivity contribution in [1.82, 2.24) is 15.0 Å². The van der Waals surface area contributed by atoms with E-state index in [1.165, 1.54) is 18.3 Å². The van der Waals surface area contributed by atoms with Crippen molar-refractivity contribution in [2.24, 2.45) is 5.10 Å². The lowest BCUT2D eigenvalue weighted by molar-refractivity contribution is -0.123. The summed E-state index contributed by atoms with van der Waals surface area (Å²) < 4.78 is 7.46. The van der Waals surface area contributed by atoms with Crippen molar-refractivity contribution < 1.29 is 19.4 Å². The number of amides is 1. The number of benzene rings is 2. The third kappa shape index (κ3) is 4.77. The van der Waals surface area contributed by atoms with Gasteiger partial charge in [0.25, 0.3) is 5.91 Å². The maximum Gasteiger partial charge on any atom is 0.335 e. The average Bonchev–Trinajstić information content (AvgIpc) is 3.10. The van der Waals surface area contributed by atoms with Gasteiger partial charge in [-0.15, -0.1) is 0 Å². The van der Waals surface area contributed by atoms with Crippen LogP contribution in [0.15, 0.2) is 65.9 Å². The standard InChI is InChI=1S/C25H21ClN4O4/c1-15-11-19(16(2)30(15)21-12-18(25(32)33)8-9-20(21)26)13-28-29-23(31)14-34-22-7-3-5-17-6-4-10-27-24(17)22/h3-13H,14H2,1-2H3,(H,29,31)(H,32,33)/b28-13+. The Morgan fingerprint density at radius 3 is 2.76 bits per heavy atom. The summed E-state index contributed by atoms with van der Waals surface area (Å²) in [6.07, 6.45) is 3.19. The molecule has 2 aromatic heterocycles. The first-order valence-corrected chi connectivity index (χ1v) is 10.7. The van der Waals surface area contributed by atoms with Gasteiger partial charge in [-0.3, -0.25) is 9.78 Å². The first kappa shape index (κ1) is 23.0. The number of ether oxygens (including phenoxy) is 1. The molecule has 1 amide bonds. The van der Waals surface area contributed by atoms with Gasteiger partial charge in [0, 0.05) is 28.5 Å². The average molecular weight is 477 g/mol. The third-order valence-corrected chi connectivity index (χ3v) is 5.57. The fourth-order valence-electron chi connectivity index (χ4n) is 3.65. The second kappa shape index (κ2) is 9.76. The number of pyridine rings is 1. The number of aromatic carboxylic acids is 1. The number of aromatic nitrogens is 2. The maximum atomic E-state index is 12.2. The van der Waals surface area contributed by atoms with Gasteiger partial charge in [-0.2, -0.15) is 5.10 Å². The predicted octanol–water partition coefficient (Wildman–Crippen LogP) is 4.52. The number of carboxylic acids is 1. The van der Waals surface area contributed by atoms with E-state index in [-0.39, 0.29) is 12.2 Å². The number of para-hydroxylation sites is 1. The summed E-state index contributed by atoms with van der Waals surface area (Å²) >= 11 is 6.33. The fourth-order valence-corrected chi connectivity index (χ4v) is 3.85. The van der Waals surface area contributed by atoms with Gasteiger partial charge in [-0.1, -0.05) is 29.8 Å². The molecule has 0 aliphatic heterocycles. The van der Waals surface area contributed by atoms with Gasteiger partial charge in [-0.05, 0) is 50.2 Å². The molecular weight excluding hydrogens is 456 g/mol. The monoisotopic (exact) mass is 476 g/mol. The lowest BCUT2D eigenvalue weighted by atomic mass is 10.2. The Morgan fingerprint density at radius 2 is 1.97 bits per heavy atom. The van der Waals surface area contributed by atoms with E-state index < -0.39 is 11.9 Å². The van der Waals surface area contributed by atoms with Crippen LogP contribution in [0, 0.1) is 13.8 Å². The first-order chi connectivity index (χ1) is 16.3. The van der Waals surface area contributed by atoms with Crippen LogP contribution in [0.2, 0.25) is 5.02 Å². The zero-order chi connectivity index (χ0) is 24.2. The lowest BCUT2D eigenvalue weighted by Gasteiger charge is -2.12. The van der Waals surface area contributed by atoms with Crippen molar-refractivity contribution >= 4 is 40.6 Å². The topological polar surface area (TPSA) is 106 Å². The van der Waals surface area contributed by atoms with E-state index >= 15 is 0 Å². The van der Waals surface area contributed by atoms with Crippen molar-refractivity contribution in [1.29, 1.82) is 0 Å². The van der Waals surface area contributed by atoms with E-state index in [0.717, 1.165) is 22.3 Å². The SMILES string of the molecule is Cc1cc(/C=N/NC(=O)COc2cccc3cccnc23)c(C)n1-c1cc(C(=O)O)ccc1Cl. The number of nitrogens with zero attached hydrogens (tertiary/aromatic N) is 3. The smallest absolute Gasteiger partial charge is 0.335 e. The number of nitrogens with one attached hydrogen (secondary N) is 1. The molecule has 9 heteroatoms. The molecule has 2 N–H and O–H groups in total. The molecule has 8 nitrogen and oxygen atoms in total. The Morgan fingerprint density at radius 1 is 1.18 bits per heavy atom. The summed E-state index contributed by atoms with van der Waals surface area (Å²) in [6, 6.07) is 15.7. The number of carbonyl (C=O) groups excluding carboxylic acids is 1. The van der Waals surface area contributed by atoms with Gasteiger partial charge >= 0.3 is 5.97 Å². The lowest BCUT2D eigenvalue weighted by Crippen LogP contribution is -2.24. The minimum Gasteiger partial charge on any atom is -0.481 e. The molecule has 4 aromatic rings. The van der Waals surface area contributed by atoms with Crippen molar-refractivity contribution in [3.8, 4) is 11.4 Å². The predicted molar refractivity (Wildman–Crippen MR) is 130 cm³/mol. The Bertz CT molecular complexity index is 1420. The van der Waals surface area contributed by atoms with Crippen LogP contribution in [-0.4, -0.2) is 39.4 Å². The summed E-state index contributed by atoms with van der Waals surface area (Å²) in [5, 5.41) is 14.7. The highest BCUT2D eigenvalue weighted by Crippen LogP contribution is 2.27. The van der Waals surface area contributed by atoms with Crippen LogP contribution in [0.3, 0.4) is 0 Å². The molecule has 4 rings (SSSR count). The number of carboxylic acid groups (broad SMARTS) is 1. The Hall–Kier alpha value is -4.17. The largest absolute Gasteiger partial charge is 0.481 e. The van der Waals surface area contributed by atoms with Crippen molar-refractivity contribution in [3.63, 3.8) is 0 Å². The van der Waals surface area contributed by atoms with Crippen LogP contribution >= 0.6 is 11.6 Å². The second-order valence-corrected chi connectivity index (χ2v) is 7.95. The third-order valence-electron chi connectivity index (χ3n) is 5.25. The first-order valence-electron chi connectivity index (χ1n) is 10.4. The summed E-state index contributed by atoms with van der Waals surface area (Å²) in [5.74, 6) is -0.942. The van der Waals surface area contributed by atoms with Gasteiger partial charge in [0.1, 0.15) is 11.3 Å². The van der Waals surface area contributed by atoms with Crippen LogP contribution in [0.25, 0.3) is 16.6 Å². The van der Waals surface area contributed by atoms with Crippen LogP contribution in [-0.2, 0) is 4.79 Å². The van der Waals surface area contributed by atoms with Gasteiger partial charge in [-0.25, -0.2) is 10.2 Å². The van der Waals surface area contributed by atoms with Gasteiger partial charge in [0.15, 0.2) is 6.61 Å². The number of aryl methyl sites for hydroxylation is 1. The quantitative estimate of drug-likeness (QED) is 0.301. The summed E-state index contributed by atoms with van der Waals surface area (Å²) in [6.45, 7) is 3.51. The number of carbonyl (C=O) groups is 2. The molecule has 0 saturated heterocycles. The Labute approximate surface area is 200 Å². The molecule has 2 aromatic carbocycles. The number of rotatable bonds is 7. The fraction of sp³-hybridized carbons (Fsp3) is 0.120. The molecule has 0 saturated carbocycles. The number of hydrogen-bond acceptors (Lipinski definition) is 5. The molecule has 34 heavy (non-hydrogen) atoms. The number of fused-ring (bicyclic) bond motifs is 1. The van der Waals surface area contributed by atoms with E-state index in [9.17, 15) is 14.7 Å². The molecule has 0 radical (unpaired) electrons. The van der Waals surface area contributed by atoms with Gasteiger partial charge < -0.3 is 14.4 Å². The van der Waals surface area contributed by atoms with Crippen LogP contribution in [0.1, 0.15) is 27.3 Å². The van der Waals surface area contributed by atoms with Crippen molar-refractivity contribution in [2.75, 3.05) is 6.61 Å². The molecule has 0 aliphatic carbocycles. The minimum atomic E-state index is -1.04. The summed E-state index contributed by atoms with van der Waals surface area (Å²) in [4.78, 5) is 27.9. The van der Waals surface area contributed by atoms with Gasteiger partial charge in [0.05, 0.1) is 22.5 Å². The molecule has 0 bridgehead atoms. The number of halogens is 1. The van der Waals surface area contributed by atoms with E-state index in [1.807, 2.05) is 48.7 Å². The molecule has 2 heterocycles. The highest BCUT2D eigenvalue weighted by atomic mass is 35.5. The van der Waals surface area contributed by atoms with E-state index in [2.05, 4.69) is 15.5 Å². The number of hydrogen-bond donors (Lipinski definition) is 2. The summed E-state index contributed by atoms with van der Waals surface area (Å²) in [5.41, 5.74) is 6.19. The highest BCUT2D eigenvalue weighted by Gasteiger charge is 2.15. The molecule has 172 valence electrons. The van der Waals surface area contributed by atoms with Crippen molar-refractivity contribution in [3.05, 3.63) is 88.3 Å². The summed E-state index contributed by atoms with van der Waals surface area (Å²) in [7, 11) is 0. The Kier molecular flexibility index (Phi) is 6.60. The van der Waals surface area contributed by atoms with Crippen molar-refractivity contribution in [2.45, 2.75) is 13.8 Å². The minimum absolute atomic E-state index is 0.135. The molecule has 0 aliphatic rings. The molecule has 0 fully saturated rings. The molecule has 0 spiro atoms. The second-order valence-electron chi connectivity index (χ2n) is 7.55. The molecular formula is C25H21ClN4O4. The van der Waals surface area contributed by atoms with Crippen LogP contribution in [0.5, 0.6) is 5.75 Å². The van der Waals surface area contributed by atoms with E-state index in [1.54, 1.807) is 18.3 Å². The zero-order valence-electron chi connectivity index (χ0n) is 18.4. The van der Waals surface area contributed by atoms with Crippen LogP contribution in [0.4, 0.5) is 0 Å².